The molecule has 1 heterocycles. The van der Waals surface area contributed by atoms with Crippen LogP contribution in [0.1, 0.15) is 85.3 Å². The first-order chi connectivity index (χ1) is 30.1. The van der Waals surface area contributed by atoms with E-state index in [1.165, 1.54) is 7.11 Å². The topological polar surface area (TPSA) is 156 Å². The summed E-state index contributed by atoms with van der Waals surface area (Å²) >= 11 is 0. The Morgan fingerprint density at radius 3 is 2.08 bits per heavy atom. The first-order valence-electron chi connectivity index (χ1n) is 22.6. The van der Waals surface area contributed by atoms with Crippen molar-refractivity contribution >= 4 is 40.4 Å². The van der Waals surface area contributed by atoms with Crippen LogP contribution in [-0.4, -0.2) is 117 Å². The average molecular weight is 872 g/mol. The molecule has 0 bridgehead atoms. The van der Waals surface area contributed by atoms with E-state index in [-0.39, 0.29) is 54.9 Å². The maximum Gasteiger partial charge on any atom is 0.329 e. The van der Waals surface area contributed by atoms with Crippen LogP contribution in [0.2, 0.25) is 0 Å². The molecule has 1 aliphatic rings. The lowest BCUT2D eigenvalue weighted by atomic mass is 9.89. The van der Waals surface area contributed by atoms with Gasteiger partial charge in [0.15, 0.2) is 0 Å². The molecule has 0 unspecified atom stereocenters. The van der Waals surface area contributed by atoms with Gasteiger partial charge in [-0.1, -0.05) is 128 Å². The van der Waals surface area contributed by atoms with Crippen molar-refractivity contribution in [2.24, 2.45) is 23.7 Å². The van der Waals surface area contributed by atoms with Crippen molar-refractivity contribution in [2.45, 2.75) is 130 Å². The van der Waals surface area contributed by atoms with Crippen molar-refractivity contribution in [3.05, 3.63) is 83.9 Å². The quantitative estimate of drug-likeness (QED) is 0.0987. The van der Waals surface area contributed by atoms with E-state index in [9.17, 15) is 24.0 Å². The zero-order valence-electron chi connectivity index (χ0n) is 39.4. The number of likely N-dealkylation sites (tertiary alicyclic amines) is 1. The molecule has 3 N–H and O–H groups in total. The second-order valence-corrected chi connectivity index (χ2v) is 17.8. The number of esters is 1. The van der Waals surface area contributed by atoms with Crippen LogP contribution in [0.5, 0.6) is 0 Å². The van der Waals surface area contributed by atoms with Crippen molar-refractivity contribution in [3.63, 3.8) is 0 Å². The van der Waals surface area contributed by atoms with Gasteiger partial charge in [0.25, 0.3) is 0 Å². The molecule has 1 saturated heterocycles. The number of ether oxygens (including phenoxy) is 3. The summed E-state index contributed by atoms with van der Waals surface area (Å²) in [6.07, 6.45) is 0.929. The van der Waals surface area contributed by atoms with Gasteiger partial charge >= 0.3 is 5.97 Å². The summed E-state index contributed by atoms with van der Waals surface area (Å²) in [6.45, 7) is 14.0. The summed E-state index contributed by atoms with van der Waals surface area (Å²) < 4.78 is 18.0. The molecule has 63 heavy (non-hydrogen) atoms. The normalized spacial score (nSPS) is 17.9. The van der Waals surface area contributed by atoms with Crippen LogP contribution >= 0.6 is 0 Å². The van der Waals surface area contributed by atoms with Crippen molar-refractivity contribution in [3.8, 4) is 0 Å². The summed E-state index contributed by atoms with van der Waals surface area (Å²) in [5.41, 5.74) is 1.73. The lowest BCUT2D eigenvalue weighted by Crippen LogP contribution is -2.59. The monoisotopic (exact) mass is 872 g/mol. The fourth-order valence-corrected chi connectivity index (χ4v) is 9.06. The van der Waals surface area contributed by atoms with E-state index in [1.807, 2.05) is 114 Å². The number of methoxy groups -OCH3 is 2. The smallest absolute Gasteiger partial charge is 0.329 e. The molecule has 0 aromatic heterocycles. The highest BCUT2D eigenvalue weighted by Gasteiger charge is 2.43. The lowest BCUT2D eigenvalue weighted by molar-refractivity contribution is -0.151. The van der Waals surface area contributed by atoms with Crippen LogP contribution in [-0.2, 0) is 51.2 Å². The van der Waals surface area contributed by atoms with E-state index in [4.69, 9.17) is 14.2 Å². The van der Waals surface area contributed by atoms with Crippen LogP contribution in [0, 0.1) is 23.7 Å². The van der Waals surface area contributed by atoms with Gasteiger partial charge in [-0.2, -0.15) is 0 Å². The lowest BCUT2D eigenvalue weighted by Gasteiger charge is -2.41. The van der Waals surface area contributed by atoms with E-state index in [1.54, 1.807) is 37.9 Å². The van der Waals surface area contributed by atoms with Gasteiger partial charge in [0, 0.05) is 34.2 Å². The van der Waals surface area contributed by atoms with Crippen molar-refractivity contribution in [2.75, 3.05) is 34.9 Å². The molecule has 9 atom stereocenters. The van der Waals surface area contributed by atoms with Gasteiger partial charge in [0.1, 0.15) is 18.7 Å². The molecule has 13 nitrogen and oxygen atoms in total. The zero-order valence-corrected chi connectivity index (χ0v) is 39.4. The number of nitrogens with zero attached hydrogens (tertiary/aromatic N) is 2. The van der Waals surface area contributed by atoms with Crippen molar-refractivity contribution < 1.29 is 38.2 Å². The highest BCUT2D eigenvalue weighted by molar-refractivity contribution is 5.90. The molecule has 0 spiro atoms. The summed E-state index contributed by atoms with van der Waals surface area (Å²) in [7, 11) is 6.54. The number of fused-ring (bicyclic) bond motifs is 1. The summed E-state index contributed by atoms with van der Waals surface area (Å²) in [4.78, 5) is 73.4. The number of amides is 4. The van der Waals surface area contributed by atoms with Gasteiger partial charge in [-0.15, -0.1) is 0 Å². The second kappa shape index (κ2) is 24.3. The number of benzene rings is 3. The van der Waals surface area contributed by atoms with Crippen molar-refractivity contribution in [1.82, 2.24) is 25.8 Å². The van der Waals surface area contributed by atoms with Gasteiger partial charge in [-0.05, 0) is 59.5 Å². The Bertz CT molecular complexity index is 1950. The molecule has 3 aromatic carbocycles. The van der Waals surface area contributed by atoms with Crippen LogP contribution in [0.3, 0.4) is 0 Å². The molecule has 1 fully saturated rings. The number of carbonyl (C=O) groups excluding carboxylic acids is 5. The Labute approximate surface area is 375 Å². The highest BCUT2D eigenvalue weighted by atomic mass is 16.5. The zero-order chi connectivity index (χ0) is 46.4. The fourth-order valence-electron chi connectivity index (χ4n) is 9.06. The minimum absolute atomic E-state index is 0.00773. The number of nitrogens with one attached hydrogen (secondary N) is 3. The van der Waals surface area contributed by atoms with Crippen LogP contribution in [0.25, 0.3) is 10.8 Å². The third-order valence-corrected chi connectivity index (χ3v) is 12.9. The number of hydrogen-bond donors (Lipinski definition) is 3. The second-order valence-electron chi connectivity index (χ2n) is 17.8. The Balaban J connectivity index is 1.50. The van der Waals surface area contributed by atoms with E-state index in [2.05, 4.69) is 16.0 Å². The average Bonchev–Trinajstić information content (AvgIpc) is 3.76. The van der Waals surface area contributed by atoms with Crippen LogP contribution in [0.4, 0.5) is 0 Å². The largest absolute Gasteiger partial charge is 0.459 e. The molecule has 0 saturated carbocycles. The minimum Gasteiger partial charge on any atom is -0.459 e. The van der Waals surface area contributed by atoms with E-state index in [0.29, 0.717) is 19.4 Å². The van der Waals surface area contributed by atoms with E-state index >= 15 is 0 Å². The van der Waals surface area contributed by atoms with Gasteiger partial charge < -0.3 is 40.0 Å². The molecule has 13 heteroatoms. The molecule has 4 rings (SSSR count). The molecule has 346 valence electrons. The minimum atomic E-state index is -0.973. The maximum absolute atomic E-state index is 14.4. The summed E-state index contributed by atoms with van der Waals surface area (Å²) in [5, 5.41) is 11.1. The molecule has 0 radical (unpaired) electrons. The molecular formula is C50H73N5O8. The number of hydrogen-bond acceptors (Lipinski definition) is 9. The molecule has 3 aromatic rings. The molecule has 1 aliphatic heterocycles. The van der Waals surface area contributed by atoms with Crippen LogP contribution in [0.15, 0.2) is 72.8 Å². The molecule has 0 aliphatic carbocycles. The summed E-state index contributed by atoms with van der Waals surface area (Å²) in [6, 6.07) is 20.1. The predicted molar refractivity (Wildman–Crippen MR) is 246 cm³/mol. The third-order valence-electron chi connectivity index (χ3n) is 12.9. The van der Waals surface area contributed by atoms with Gasteiger partial charge in [-0.25, -0.2) is 4.79 Å². The van der Waals surface area contributed by atoms with Gasteiger partial charge in [0.2, 0.25) is 23.6 Å². The maximum atomic E-state index is 14.4. The third kappa shape index (κ3) is 13.1. The summed E-state index contributed by atoms with van der Waals surface area (Å²) in [5.74, 6) is -2.58. The Morgan fingerprint density at radius 1 is 0.810 bits per heavy atom. The predicted octanol–water partition coefficient (Wildman–Crippen LogP) is 5.92. The standard InChI is InChI=1S/C50H73N5O8/c1-12-33(6)45(54(9)49(59)44(32(4)5)53-48(58)43(51-8)31(2)3)41(61-10)29-42(56)55-27-19-26-40(55)46(62-11)34(7)47(57)52-39(28-35-20-14-13-15-21-35)50(60)63-30-37-24-18-23-36-22-16-17-25-38(36)37/h13-18,20-25,31-34,39-41,43-46,51H,12,19,26-30H2,1-11H3,(H,52,57)(H,53,58)/t33-,34+,39-,40-,41+,43-,44-,45-,46+/m0/s1. The Kier molecular flexibility index (Phi) is 19.6. The van der Waals surface area contributed by atoms with E-state index in [0.717, 1.165) is 28.3 Å². The Hall–Kier alpha value is -4.85. The van der Waals surface area contributed by atoms with Crippen LogP contribution < -0.4 is 16.0 Å². The van der Waals surface area contributed by atoms with Gasteiger partial charge in [0.05, 0.1) is 42.7 Å². The number of rotatable bonds is 23. The van der Waals surface area contributed by atoms with Gasteiger partial charge in [-0.3, -0.25) is 19.2 Å². The number of carbonyl (C=O) groups is 5. The Morgan fingerprint density at radius 2 is 1.46 bits per heavy atom. The number of likely N-dealkylation sites (N-methyl/N-ethyl adjacent to an activating group) is 2. The fraction of sp³-hybridized carbons (Fsp3) is 0.580. The molecular weight excluding hydrogens is 799 g/mol. The highest BCUT2D eigenvalue weighted by Crippen LogP contribution is 2.30. The van der Waals surface area contributed by atoms with E-state index < -0.39 is 60.2 Å². The van der Waals surface area contributed by atoms with Crippen molar-refractivity contribution in [1.29, 1.82) is 0 Å². The molecule has 4 amide bonds. The SMILES string of the molecule is CC[C@H](C)[C@@H]([C@@H](CC(=O)N1CCC[C@H]1[C@H](OC)[C@@H](C)C(=O)N[C@@H](Cc1ccccc1)C(=O)OCc1cccc2ccccc12)OC)N(C)C(=O)[C@@H](NC(=O)[C@@H](NC)C(C)C)C(C)C. The first kappa shape index (κ1) is 50.8. The first-order valence-corrected chi connectivity index (χ1v) is 22.6.